The molecule has 0 spiro atoms. The molecule has 2 aliphatic heterocycles. The Morgan fingerprint density at radius 3 is 2.56 bits per heavy atom. The molecule has 148 valence electrons. The van der Waals surface area contributed by atoms with Gasteiger partial charge in [-0.3, -0.25) is 4.90 Å². The van der Waals surface area contributed by atoms with Crippen LogP contribution in [0.2, 0.25) is 0 Å². The molecular formula is C16H19F3N4O2S2. The summed E-state index contributed by atoms with van der Waals surface area (Å²) in [6.07, 6.45) is -2.57. The van der Waals surface area contributed by atoms with Gasteiger partial charge in [0.05, 0.1) is 0 Å². The van der Waals surface area contributed by atoms with Gasteiger partial charge in [0.1, 0.15) is 5.51 Å². The average Bonchev–Trinajstić information content (AvgIpc) is 3.34. The van der Waals surface area contributed by atoms with E-state index in [0.717, 1.165) is 18.2 Å². The molecule has 1 N–H and O–H groups in total. The van der Waals surface area contributed by atoms with Crippen LogP contribution in [0.15, 0.2) is 17.6 Å². The van der Waals surface area contributed by atoms with Gasteiger partial charge < -0.3 is 10.0 Å². The maximum Gasteiger partial charge on any atom is 0.490 e. The second-order valence-electron chi connectivity index (χ2n) is 6.41. The molecule has 2 saturated heterocycles. The quantitative estimate of drug-likeness (QED) is 0.821. The molecule has 11 heteroatoms. The molecule has 0 saturated carbocycles. The van der Waals surface area contributed by atoms with Crippen molar-refractivity contribution in [3.05, 3.63) is 27.4 Å². The van der Waals surface area contributed by atoms with Crippen LogP contribution in [-0.4, -0.2) is 57.5 Å². The van der Waals surface area contributed by atoms with Crippen molar-refractivity contribution in [1.29, 1.82) is 0 Å². The van der Waals surface area contributed by atoms with E-state index in [9.17, 15) is 13.2 Å². The Kier molecular flexibility index (Phi) is 6.02. The van der Waals surface area contributed by atoms with Gasteiger partial charge in [-0.25, -0.2) is 4.79 Å². The van der Waals surface area contributed by atoms with Gasteiger partial charge in [-0.2, -0.15) is 13.2 Å². The molecule has 0 radical (unpaired) electrons. The molecular weight excluding hydrogens is 401 g/mol. The van der Waals surface area contributed by atoms with Gasteiger partial charge in [0.25, 0.3) is 0 Å². The van der Waals surface area contributed by atoms with Gasteiger partial charge in [-0.05, 0) is 31.9 Å². The van der Waals surface area contributed by atoms with E-state index in [-0.39, 0.29) is 0 Å². The van der Waals surface area contributed by atoms with Gasteiger partial charge in [-0.1, -0.05) is 11.3 Å². The van der Waals surface area contributed by atoms with Crippen molar-refractivity contribution >= 4 is 33.8 Å². The van der Waals surface area contributed by atoms with Crippen LogP contribution in [0.5, 0.6) is 0 Å². The highest BCUT2D eigenvalue weighted by Gasteiger charge is 2.43. The van der Waals surface area contributed by atoms with E-state index in [2.05, 4.69) is 39.1 Å². The van der Waals surface area contributed by atoms with Crippen LogP contribution >= 0.6 is 22.7 Å². The predicted octanol–water partition coefficient (Wildman–Crippen LogP) is 3.39. The number of hydrogen-bond acceptors (Lipinski definition) is 7. The zero-order valence-corrected chi connectivity index (χ0v) is 16.1. The number of carboxylic acids is 1. The first-order valence-electron chi connectivity index (χ1n) is 8.38. The van der Waals surface area contributed by atoms with Crippen LogP contribution in [0, 0.1) is 6.92 Å². The monoisotopic (exact) mass is 420 g/mol. The first-order chi connectivity index (χ1) is 12.8. The van der Waals surface area contributed by atoms with E-state index in [1.807, 2.05) is 16.8 Å². The van der Waals surface area contributed by atoms with Crippen molar-refractivity contribution in [2.45, 2.75) is 44.6 Å². The second kappa shape index (κ2) is 8.11. The van der Waals surface area contributed by atoms with E-state index < -0.39 is 12.1 Å². The number of alkyl halides is 3. The number of thiophene rings is 1. The normalized spacial score (nSPS) is 22.4. The molecule has 2 fully saturated rings. The number of halogens is 3. The minimum atomic E-state index is -5.08. The third-order valence-corrected chi connectivity index (χ3v) is 6.40. The van der Waals surface area contributed by atoms with Crippen molar-refractivity contribution in [3.63, 3.8) is 0 Å². The Balaban J connectivity index is 0.000000260. The second-order valence-corrected chi connectivity index (χ2v) is 8.60. The summed E-state index contributed by atoms with van der Waals surface area (Å²) in [7, 11) is 0. The Morgan fingerprint density at radius 2 is 2.00 bits per heavy atom. The van der Waals surface area contributed by atoms with Gasteiger partial charge in [0.15, 0.2) is 0 Å². The number of carboxylic acid groups (broad SMARTS) is 1. The highest BCUT2D eigenvalue weighted by molar-refractivity contribution is 7.13. The highest BCUT2D eigenvalue weighted by atomic mass is 32.1. The third kappa shape index (κ3) is 4.77. The Hall–Kier alpha value is -1.72. The molecule has 0 amide bonds. The number of rotatable bonds is 3. The average molecular weight is 420 g/mol. The van der Waals surface area contributed by atoms with Crippen LogP contribution in [0.1, 0.15) is 22.6 Å². The molecule has 2 aromatic heterocycles. The molecule has 6 nitrogen and oxygen atoms in total. The maximum atomic E-state index is 10.6. The summed E-state index contributed by atoms with van der Waals surface area (Å²) < 4.78 is 31.7. The molecule has 27 heavy (non-hydrogen) atoms. The summed E-state index contributed by atoms with van der Waals surface area (Å²) in [5, 5.41) is 16.5. The fraction of sp³-hybridized carbons (Fsp3) is 0.562. The minimum absolute atomic E-state index is 0.643. The minimum Gasteiger partial charge on any atom is -0.475 e. The lowest BCUT2D eigenvalue weighted by Crippen LogP contribution is -2.36. The van der Waals surface area contributed by atoms with E-state index in [4.69, 9.17) is 9.90 Å². The van der Waals surface area contributed by atoms with Crippen molar-refractivity contribution in [1.82, 2.24) is 15.1 Å². The number of carbonyl (C=O) groups is 1. The van der Waals surface area contributed by atoms with Crippen molar-refractivity contribution in [2.24, 2.45) is 0 Å². The van der Waals surface area contributed by atoms with Gasteiger partial charge in [0.2, 0.25) is 5.13 Å². The molecule has 2 aliphatic rings. The van der Waals surface area contributed by atoms with Crippen LogP contribution < -0.4 is 4.90 Å². The topological polar surface area (TPSA) is 69.6 Å². The summed E-state index contributed by atoms with van der Waals surface area (Å²) in [5.74, 6) is -2.76. The Bertz CT molecular complexity index is 766. The lowest BCUT2D eigenvalue weighted by Gasteiger charge is -2.24. The third-order valence-electron chi connectivity index (χ3n) is 4.68. The van der Waals surface area contributed by atoms with Crippen molar-refractivity contribution in [2.75, 3.05) is 18.0 Å². The number of aryl methyl sites for hydroxylation is 1. The summed E-state index contributed by atoms with van der Waals surface area (Å²) in [4.78, 5) is 16.9. The summed E-state index contributed by atoms with van der Waals surface area (Å²) >= 11 is 3.60. The number of likely N-dealkylation sites (tertiary alicyclic amines) is 1. The lowest BCUT2D eigenvalue weighted by atomic mass is 10.1. The summed E-state index contributed by atoms with van der Waals surface area (Å²) in [6, 6.07) is 5.85. The Labute approximate surface area is 162 Å². The number of anilines is 1. The standard InChI is InChI=1S/C14H18N4S2.C2HF3O2/c1-10-2-3-11(20-10)8-17-6-4-13-12(17)5-7-18(13)14-16-15-9-19-14;3-2(4,5)1(6)7/h2-3,9,12-13H,4-8H2,1H3;(H,6,7)/t12-,13+;/m1./s1. The van der Waals surface area contributed by atoms with Crippen LogP contribution in [0.25, 0.3) is 0 Å². The van der Waals surface area contributed by atoms with E-state index in [1.54, 1.807) is 11.3 Å². The Morgan fingerprint density at radius 1 is 1.30 bits per heavy atom. The molecule has 2 aromatic rings. The molecule has 2 atom stereocenters. The molecule has 4 heterocycles. The van der Waals surface area contributed by atoms with Gasteiger partial charge >= 0.3 is 12.1 Å². The van der Waals surface area contributed by atoms with Crippen molar-refractivity contribution < 1.29 is 23.1 Å². The zero-order valence-electron chi connectivity index (χ0n) is 14.5. The van der Waals surface area contributed by atoms with Crippen LogP contribution in [-0.2, 0) is 11.3 Å². The SMILES string of the molecule is Cc1ccc(CN2CC[C@H]3[C@H]2CCN3c2nncs2)s1.O=C(O)C(F)(F)F. The number of hydrogen-bond donors (Lipinski definition) is 1. The van der Waals surface area contributed by atoms with Gasteiger partial charge in [-0.15, -0.1) is 21.5 Å². The van der Waals surface area contributed by atoms with E-state index in [0.29, 0.717) is 12.1 Å². The first kappa shape index (κ1) is 20.0. The summed E-state index contributed by atoms with van der Waals surface area (Å²) in [6.45, 7) is 5.64. The predicted molar refractivity (Wildman–Crippen MR) is 97.2 cm³/mol. The number of fused-ring (bicyclic) bond motifs is 1. The number of nitrogens with zero attached hydrogens (tertiary/aromatic N) is 4. The maximum absolute atomic E-state index is 10.6. The smallest absolute Gasteiger partial charge is 0.475 e. The first-order valence-corrected chi connectivity index (χ1v) is 10.1. The van der Waals surface area contributed by atoms with Gasteiger partial charge in [0, 0.05) is 41.5 Å². The largest absolute Gasteiger partial charge is 0.490 e. The molecule has 0 aliphatic carbocycles. The molecule has 0 aromatic carbocycles. The fourth-order valence-corrected chi connectivity index (χ4v) is 5.13. The fourth-order valence-electron chi connectivity index (χ4n) is 3.57. The van der Waals surface area contributed by atoms with Crippen LogP contribution in [0.3, 0.4) is 0 Å². The molecule has 0 unspecified atom stereocenters. The van der Waals surface area contributed by atoms with Crippen LogP contribution in [0.4, 0.5) is 18.3 Å². The van der Waals surface area contributed by atoms with Crippen molar-refractivity contribution in [3.8, 4) is 0 Å². The molecule has 0 bridgehead atoms. The highest BCUT2D eigenvalue weighted by Crippen LogP contribution is 2.36. The van der Waals surface area contributed by atoms with E-state index >= 15 is 0 Å². The zero-order chi connectivity index (χ0) is 19.6. The molecule has 4 rings (SSSR count). The number of aliphatic carboxylic acids is 1. The van der Waals surface area contributed by atoms with E-state index in [1.165, 1.54) is 29.1 Å². The number of aromatic nitrogens is 2. The summed E-state index contributed by atoms with van der Waals surface area (Å²) in [5.41, 5.74) is 1.84. The lowest BCUT2D eigenvalue weighted by molar-refractivity contribution is -0.192.